The van der Waals surface area contributed by atoms with Crippen LogP contribution in [0.3, 0.4) is 0 Å². The summed E-state index contributed by atoms with van der Waals surface area (Å²) in [6.07, 6.45) is 0. The number of carbonyl (C=O) groups is 1. The van der Waals surface area contributed by atoms with Crippen molar-refractivity contribution in [3.63, 3.8) is 0 Å². The molecule has 0 bridgehead atoms. The number of rotatable bonds is 4. The first kappa shape index (κ1) is 17.3. The number of para-hydroxylation sites is 2. The summed E-state index contributed by atoms with van der Waals surface area (Å²) in [4.78, 5) is 19.7. The Morgan fingerprint density at radius 1 is 1.11 bits per heavy atom. The monoisotopic (exact) mass is 362 g/mol. The number of ether oxygens (including phenoxy) is 2. The molecule has 0 radical (unpaired) electrons. The third-order valence-electron chi connectivity index (χ3n) is 4.75. The Kier molecular flexibility index (Phi) is 4.67. The zero-order valence-corrected chi connectivity index (χ0v) is 15.6. The van der Waals surface area contributed by atoms with Crippen molar-refractivity contribution in [3.05, 3.63) is 65.4 Å². The summed E-state index contributed by atoms with van der Waals surface area (Å²) in [7, 11) is 0. The standard InChI is InChI=1S/C22H22N2O3/c1-3-24(14-16-7-6-10-20-21(16)27-12-11-26-20)22(25)18-13-15(2)23-19-9-5-4-8-17(18)19/h4-10,13H,3,11-12,14H2,1-2H3. The molecule has 0 atom stereocenters. The molecule has 2 aromatic carbocycles. The predicted octanol–water partition coefficient (Wildman–Crippen LogP) is 3.98. The molecule has 2 heterocycles. The number of hydrogen-bond acceptors (Lipinski definition) is 4. The number of aryl methyl sites for hydroxylation is 1. The maximum absolute atomic E-state index is 13.3. The van der Waals surface area contributed by atoms with Crippen molar-refractivity contribution in [2.75, 3.05) is 19.8 Å². The Labute approximate surface area is 158 Å². The van der Waals surface area contributed by atoms with Crippen LogP contribution in [0.5, 0.6) is 11.5 Å². The summed E-state index contributed by atoms with van der Waals surface area (Å²) in [5.41, 5.74) is 3.31. The minimum atomic E-state index is -0.00599. The lowest BCUT2D eigenvalue weighted by atomic mass is 10.1. The van der Waals surface area contributed by atoms with Crippen molar-refractivity contribution in [1.29, 1.82) is 0 Å². The van der Waals surface area contributed by atoms with Crippen molar-refractivity contribution in [2.45, 2.75) is 20.4 Å². The highest BCUT2D eigenvalue weighted by atomic mass is 16.6. The second-order valence-electron chi connectivity index (χ2n) is 6.59. The smallest absolute Gasteiger partial charge is 0.254 e. The summed E-state index contributed by atoms with van der Waals surface area (Å²) in [5.74, 6) is 1.48. The zero-order valence-electron chi connectivity index (χ0n) is 15.6. The number of nitrogens with zero attached hydrogens (tertiary/aromatic N) is 2. The van der Waals surface area contributed by atoms with E-state index in [-0.39, 0.29) is 5.91 Å². The largest absolute Gasteiger partial charge is 0.486 e. The number of pyridine rings is 1. The van der Waals surface area contributed by atoms with Crippen molar-refractivity contribution >= 4 is 16.8 Å². The second-order valence-corrected chi connectivity index (χ2v) is 6.59. The number of amides is 1. The number of benzene rings is 2. The van der Waals surface area contributed by atoms with E-state index >= 15 is 0 Å². The van der Waals surface area contributed by atoms with E-state index in [0.29, 0.717) is 31.9 Å². The van der Waals surface area contributed by atoms with Gasteiger partial charge in [0.05, 0.1) is 11.1 Å². The van der Waals surface area contributed by atoms with Gasteiger partial charge in [-0.3, -0.25) is 9.78 Å². The van der Waals surface area contributed by atoms with Crippen LogP contribution in [0.1, 0.15) is 28.5 Å². The minimum absolute atomic E-state index is 0.00599. The van der Waals surface area contributed by atoms with Gasteiger partial charge in [0.25, 0.3) is 5.91 Å². The summed E-state index contributed by atoms with van der Waals surface area (Å²) in [6.45, 7) is 6.04. The van der Waals surface area contributed by atoms with Gasteiger partial charge in [-0.25, -0.2) is 0 Å². The first-order valence-electron chi connectivity index (χ1n) is 9.20. The Morgan fingerprint density at radius 3 is 2.78 bits per heavy atom. The topological polar surface area (TPSA) is 51.7 Å². The molecule has 0 aliphatic carbocycles. The molecule has 4 rings (SSSR count). The highest BCUT2D eigenvalue weighted by Crippen LogP contribution is 2.34. The summed E-state index contributed by atoms with van der Waals surface area (Å²) in [5, 5.41) is 0.876. The lowest BCUT2D eigenvalue weighted by Gasteiger charge is -2.26. The SMILES string of the molecule is CCN(Cc1cccc2c1OCCO2)C(=O)c1cc(C)nc2ccccc12. The zero-order chi connectivity index (χ0) is 18.8. The molecule has 5 nitrogen and oxygen atoms in total. The molecule has 0 fully saturated rings. The van der Waals surface area contributed by atoms with Crippen LogP contribution < -0.4 is 9.47 Å². The van der Waals surface area contributed by atoms with Crippen molar-refractivity contribution < 1.29 is 14.3 Å². The molecule has 138 valence electrons. The maximum Gasteiger partial charge on any atom is 0.254 e. The molecule has 3 aromatic rings. The van der Waals surface area contributed by atoms with Gasteiger partial charge in [0.1, 0.15) is 13.2 Å². The van der Waals surface area contributed by atoms with Gasteiger partial charge in [0.15, 0.2) is 11.5 Å². The third-order valence-corrected chi connectivity index (χ3v) is 4.75. The second kappa shape index (κ2) is 7.27. The van der Waals surface area contributed by atoms with Crippen LogP contribution in [0.4, 0.5) is 0 Å². The molecule has 1 aliphatic heterocycles. The number of carbonyl (C=O) groups excluding carboxylic acids is 1. The fourth-order valence-electron chi connectivity index (χ4n) is 3.45. The van der Waals surface area contributed by atoms with Gasteiger partial charge in [-0.15, -0.1) is 0 Å². The van der Waals surface area contributed by atoms with Crippen LogP contribution in [0, 0.1) is 6.92 Å². The Morgan fingerprint density at radius 2 is 1.93 bits per heavy atom. The van der Waals surface area contributed by atoms with Crippen LogP contribution >= 0.6 is 0 Å². The van der Waals surface area contributed by atoms with Crippen molar-refractivity contribution in [3.8, 4) is 11.5 Å². The average molecular weight is 362 g/mol. The molecule has 0 N–H and O–H groups in total. The first-order valence-corrected chi connectivity index (χ1v) is 9.20. The van der Waals surface area contributed by atoms with Gasteiger partial charge in [0.2, 0.25) is 0 Å². The van der Waals surface area contributed by atoms with Gasteiger partial charge >= 0.3 is 0 Å². The van der Waals surface area contributed by atoms with Gasteiger partial charge in [0, 0.05) is 29.7 Å². The fraction of sp³-hybridized carbons (Fsp3) is 0.273. The normalized spacial score (nSPS) is 12.8. The maximum atomic E-state index is 13.3. The summed E-state index contributed by atoms with van der Waals surface area (Å²) < 4.78 is 11.5. The van der Waals surface area contributed by atoms with E-state index in [4.69, 9.17) is 9.47 Å². The lowest BCUT2D eigenvalue weighted by Crippen LogP contribution is -2.31. The molecule has 1 aromatic heterocycles. The van der Waals surface area contributed by atoms with Gasteiger partial charge in [-0.05, 0) is 32.0 Å². The van der Waals surface area contributed by atoms with Crippen LogP contribution in [0.25, 0.3) is 10.9 Å². The Balaban J connectivity index is 1.69. The molecular formula is C22H22N2O3. The third kappa shape index (κ3) is 3.33. The molecule has 0 saturated carbocycles. The first-order chi connectivity index (χ1) is 13.2. The van der Waals surface area contributed by atoms with Crippen LogP contribution in [-0.2, 0) is 6.54 Å². The molecule has 27 heavy (non-hydrogen) atoms. The number of aromatic nitrogens is 1. The molecule has 0 unspecified atom stereocenters. The fourth-order valence-corrected chi connectivity index (χ4v) is 3.45. The van der Waals surface area contributed by atoms with E-state index < -0.39 is 0 Å². The summed E-state index contributed by atoms with van der Waals surface area (Å²) in [6, 6.07) is 15.5. The van der Waals surface area contributed by atoms with Crippen LogP contribution in [0.15, 0.2) is 48.5 Å². The van der Waals surface area contributed by atoms with E-state index in [2.05, 4.69) is 4.98 Å². The minimum Gasteiger partial charge on any atom is -0.486 e. The molecule has 1 aliphatic rings. The van der Waals surface area contributed by atoms with E-state index in [1.54, 1.807) is 0 Å². The molecule has 1 amide bonds. The predicted molar refractivity (Wildman–Crippen MR) is 104 cm³/mol. The highest BCUT2D eigenvalue weighted by molar-refractivity contribution is 6.06. The molecule has 5 heteroatoms. The lowest BCUT2D eigenvalue weighted by molar-refractivity contribution is 0.0751. The van der Waals surface area contributed by atoms with Crippen LogP contribution in [-0.4, -0.2) is 35.5 Å². The Hall–Kier alpha value is -3.08. The number of hydrogen-bond donors (Lipinski definition) is 0. The van der Waals surface area contributed by atoms with E-state index in [1.165, 1.54) is 0 Å². The van der Waals surface area contributed by atoms with E-state index in [1.807, 2.05) is 67.3 Å². The highest BCUT2D eigenvalue weighted by Gasteiger charge is 2.22. The Bertz CT molecular complexity index is 1000. The summed E-state index contributed by atoms with van der Waals surface area (Å²) >= 11 is 0. The van der Waals surface area contributed by atoms with Crippen molar-refractivity contribution in [1.82, 2.24) is 9.88 Å². The van der Waals surface area contributed by atoms with E-state index in [0.717, 1.165) is 33.7 Å². The van der Waals surface area contributed by atoms with Crippen LogP contribution in [0.2, 0.25) is 0 Å². The van der Waals surface area contributed by atoms with Gasteiger partial charge < -0.3 is 14.4 Å². The van der Waals surface area contributed by atoms with Gasteiger partial charge in [-0.1, -0.05) is 30.3 Å². The van der Waals surface area contributed by atoms with E-state index in [9.17, 15) is 4.79 Å². The quantitative estimate of drug-likeness (QED) is 0.704. The molecular weight excluding hydrogens is 340 g/mol. The molecule has 0 spiro atoms. The van der Waals surface area contributed by atoms with Crippen molar-refractivity contribution in [2.24, 2.45) is 0 Å². The van der Waals surface area contributed by atoms with Gasteiger partial charge in [-0.2, -0.15) is 0 Å². The molecule has 0 saturated heterocycles. The average Bonchev–Trinajstić information content (AvgIpc) is 2.71. The number of fused-ring (bicyclic) bond motifs is 2.